The Bertz CT molecular complexity index is 1200. The minimum Gasteiger partial charge on any atom is -0.396 e. The number of Topliss-reactive ketones (excluding diaryl/α,β-unsaturated/α-hetero) is 1. The van der Waals surface area contributed by atoms with Gasteiger partial charge < -0.3 is 45.2 Å². The smallest absolute Gasteiger partial charge is 0.396 e. The highest BCUT2D eigenvalue weighted by atomic mass is 31.2. The molecule has 21 nitrogen and oxygen atoms in total. The maximum atomic E-state index is 11.4. The molecule has 0 aromatic carbocycles. The Morgan fingerprint density at radius 1 is 0.576 bits per heavy atom. The molecular weight excluding hydrogens is 843 g/mol. The molecule has 0 bridgehead atoms. The molecular formula is C35H76N3O18P3. The molecule has 0 aliphatic heterocycles. The van der Waals surface area contributed by atoms with E-state index < -0.39 is 61.3 Å². The highest BCUT2D eigenvalue weighted by Gasteiger charge is 2.25. The molecule has 0 aliphatic rings. The fraction of sp³-hybridized carbons (Fsp3) is 0.914. The van der Waals surface area contributed by atoms with Crippen LogP contribution in [0.25, 0.3) is 0 Å². The SMILES string of the molecule is CC(C)CCNC(=O)CCNC(C)C.CC(C)OP(=O)(O)OCCNC(=O)CCC(=O)C(C)C.CC(C)OP(=O)(O)OCOCC(CO)COCOP(=O)(O)OC(C)C. The number of ether oxygens (including phenoxy) is 2. The second-order valence-corrected chi connectivity index (χ2v) is 19.1. The molecule has 354 valence electrons. The number of hydrogen-bond donors (Lipinski definition) is 7. The van der Waals surface area contributed by atoms with Crippen LogP contribution in [0.4, 0.5) is 0 Å². The summed E-state index contributed by atoms with van der Waals surface area (Å²) in [6.45, 7) is 21.7. The summed E-state index contributed by atoms with van der Waals surface area (Å²) in [4.78, 5) is 61.8. The zero-order valence-electron chi connectivity index (χ0n) is 37.1. The van der Waals surface area contributed by atoms with Crippen LogP contribution in [0.15, 0.2) is 0 Å². The summed E-state index contributed by atoms with van der Waals surface area (Å²) >= 11 is 0. The predicted octanol–water partition coefficient (Wildman–Crippen LogP) is 4.81. The van der Waals surface area contributed by atoms with Crippen molar-refractivity contribution < 1.29 is 84.5 Å². The van der Waals surface area contributed by atoms with Crippen LogP contribution in [0.1, 0.15) is 109 Å². The van der Waals surface area contributed by atoms with Gasteiger partial charge in [0.1, 0.15) is 5.78 Å². The Hall–Kier alpha value is -1.22. The van der Waals surface area contributed by atoms with Gasteiger partial charge in [-0.2, -0.15) is 0 Å². The maximum absolute atomic E-state index is 11.4. The predicted molar refractivity (Wildman–Crippen MR) is 221 cm³/mol. The van der Waals surface area contributed by atoms with Crippen molar-refractivity contribution in [3.8, 4) is 0 Å². The fourth-order valence-electron chi connectivity index (χ4n) is 3.71. The van der Waals surface area contributed by atoms with Crippen molar-refractivity contribution in [2.75, 3.05) is 59.6 Å². The van der Waals surface area contributed by atoms with Crippen molar-refractivity contribution in [1.29, 1.82) is 0 Å². The van der Waals surface area contributed by atoms with Crippen LogP contribution in [0.3, 0.4) is 0 Å². The minimum atomic E-state index is -4.19. The van der Waals surface area contributed by atoms with Crippen LogP contribution in [-0.4, -0.2) is 121 Å². The number of aliphatic hydroxyl groups excluding tert-OH is 1. The Kier molecular flexibility index (Phi) is 37.1. The Balaban J connectivity index is -0.000000830. The molecule has 0 saturated heterocycles. The van der Waals surface area contributed by atoms with Gasteiger partial charge in [0.05, 0.1) is 44.7 Å². The van der Waals surface area contributed by atoms with E-state index in [9.17, 15) is 47.9 Å². The van der Waals surface area contributed by atoms with Crippen LogP contribution in [-0.2, 0) is 64.7 Å². The van der Waals surface area contributed by atoms with Crippen LogP contribution < -0.4 is 16.0 Å². The van der Waals surface area contributed by atoms with Crippen molar-refractivity contribution >= 4 is 41.1 Å². The Labute approximate surface area is 351 Å². The average molecular weight is 920 g/mol. The first-order valence-electron chi connectivity index (χ1n) is 19.7. The summed E-state index contributed by atoms with van der Waals surface area (Å²) in [5, 5.41) is 17.8. The largest absolute Gasteiger partial charge is 0.474 e. The lowest BCUT2D eigenvalue weighted by Crippen LogP contribution is -2.31. The van der Waals surface area contributed by atoms with E-state index in [0.717, 1.165) is 19.5 Å². The molecule has 0 saturated carbocycles. The summed E-state index contributed by atoms with van der Waals surface area (Å²) in [5.74, 6) is -0.0374. The first-order valence-corrected chi connectivity index (χ1v) is 24.1. The van der Waals surface area contributed by atoms with Gasteiger partial charge in [-0.15, -0.1) is 0 Å². The standard InChI is InChI=1S/C12H24NO6P.C12H28O11P2.C11H24N2O/c1-9(2)11(14)5-6-12(15)13-7-8-18-20(16,17)19-10(3)4;1-10(2)22-24(14,15)20-8-18-6-12(5-13)7-19-9-21-25(16,17)23-11(3)4;1-9(2)5-7-13-11(14)6-8-12-10(3)4/h9-10H,5-8H2,1-4H3,(H,13,15)(H,16,17);10-13H,5-9H2,1-4H3,(H,14,15)(H,16,17);9-10,12H,5-8H2,1-4H3,(H,13,14). The molecule has 0 aromatic rings. The molecule has 59 heavy (non-hydrogen) atoms. The molecule has 3 unspecified atom stereocenters. The molecule has 24 heteroatoms. The molecule has 0 heterocycles. The molecule has 0 aliphatic carbocycles. The van der Waals surface area contributed by atoms with Crippen molar-refractivity contribution in [1.82, 2.24) is 16.0 Å². The van der Waals surface area contributed by atoms with E-state index in [2.05, 4.69) is 70.8 Å². The van der Waals surface area contributed by atoms with Crippen molar-refractivity contribution in [2.24, 2.45) is 17.8 Å². The first-order chi connectivity index (χ1) is 27.1. The van der Waals surface area contributed by atoms with Gasteiger partial charge in [0.2, 0.25) is 11.8 Å². The minimum absolute atomic E-state index is 0.0293. The third-order valence-corrected chi connectivity index (χ3v) is 9.90. The Morgan fingerprint density at radius 2 is 1.00 bits per heavy atom. The number of rotatable bonds is 32. The molecule has 2 amide bonds. The quantitative estimate of drug-likeness (QED) is 0.0270. The number of ketones is 1. The van der Waals surface area contributed by atoms with Crippen LogP contribution >= 0.6 is 23.5 Å². The molecule has 0 rings (SSSR count). The number of carbonyl (C=O) groups excluding carboxylic acids is 3. The van der Waals surface area contributed by atoms with Gasteiger partial charge in [0.25, 0.3) is 0 Å². The van der Waals surface area contributed by atoms with Gasteiger partial charge >= 0.3 is 23.5 Å². The van der Waals surface area contributed by atoms with E-state index in [-0.39, 0.29) is 69.3 Å². The highest BCUT2D eigenvalue weighted by Crippen LogP contribution is 2.45. The van der Waals surface area contributed by atoms with Gasteiger partial charge in [-0.1, -0.05) is 41.5 Å². The van der Waals surface area contributed by atoms with E-state index in [0.29, 0.717) is 18.4 Å². The van der Waals surface area contributed by atoms with E-state index in [1.165, 1.54) is 0 Å². The molecule has 0 radical (unpaired) electrons. The lowest BCUT2D eigenvalue weighted by atomic mass is 10.0. The summed E-state index contributed by atoms with van der Waals surface area (Å²) < 4.78 is 72.0. The normalized spacial score (nSPS) is 15.2. The summed E-state index contributed by atoms with van der Waals surface area (Å²) in [6, 6.07) is 0.457. The average Bonchev–Trinajstić information content (AvgIpc) is 3.06. The maximum Gasteiger partial charge on any atom is 0.474 e. The number of phosphoric ester groups is 3. The van der Waals surface area contributed by atoms with Crippen molar-refractivity contribution in [3.63, 3.8) is 0 Å². The number of carbonyl (C=O) groups is 3. The third kappa shape index (κ3) is 46.1. The summed E-state index contributed by atoms with van der Waals surface area (Å²) in [7, 11) is -12.4. The van der Waals surface area contributed by atoms with Crippen molar-refractivity contribution in [2.45, 2.75) is 133 Å². The lowest BCUT2D eigenvalue weighted by molar-refractivity contribution is -0.126. The molecule has 0 aromatic heterocycles. The van der Waals surface area contributed by atoms with Gasteiger partial charge in [-0.05, 0) is 53.9 Å². The van der Waals surface area contributed by atoms with E-state index in [4.69, 9.17) is 9.47 Å². The second-order valence-electron chi connectivity index (χ2n) is 14.8. The second kappa shape index (κ2) is 35.3. The number of aliphatic hydroxyl groups is 1. The highest BCUT2D eigenvalue weighted by molar-refractivity contribution is 7.47. The number of nitrogens with one attached hydrogen (secondary N) is 3. The van der Waals surface area contributed by atoms with Crippen LogP contribution in [0.5, 0.6) is 0 Å². The molecule has 0 spiro atoms. The van der Waals surface area contributed by atoms with Crippen molar-refractivity contribution in [3.05, 3.63) is 0 Å². The zero-order chi connectivity index (χ0) is 46.2. The van der Waals surface area contributed by atoms with Gasteiger partial charge in [-0.25, -0.2) is 13.7 Å². The Morgan fingerprint density at radius 3 is 1.39 bits per heavy atom. The molecule has 3 atom stereocenters. The topological polar surface area (TPSA) is 293 Å². The lowest BCUT2D eigenvalue weighted by Gasteiger charge is -2.18. The van der Waals surface area contributed by atoms with E-state index in [1.54, 1.807) is 55.4 Å². The fourth-order valence-corrected chi connectivity index (χ4v) is 6.23. The number of hydrogen-bond acceptors (Lipinski definition) is 16. The first kappa shape index (κ1) is 62.1. The van der Waals surface area contributed by atoms with Crippen LogP contribution in [0, 0.1) is 17.8 Å². The van der Waals surface area contributed by atoms with Gasteiger partial charge in [0, 0.05) is 56.8 Å². The summed E-state index contributed by atoms with van der Waals surface area (Å²) in [6.07, 6.45) is 0.533. The monoisotopic (exact) mass is 919 g/mol. The third-order valence-electron chi connectivity index (χ3n) is 6.47. The molecule has 0 fully saturated rings. The summed E-state index contributed by atoms with van der Waals surface area (Å²) in [5.41, 5.74) is 0. The van der Waals surface area contributed by atoms with Gasteiger partial charge in [-0.3, -0.25) is 41.5 Å². The number of phosphoric acid groups is 3. The zero-order valence-corrected chi connectivity index (χ0v) is 39.8. The van der Waals surface area contributed by atoms with E-state index in [1.807, 2.05) is 0 Å². The number of amides is 2. The molecule has 7 N–H and O–H groups in total. The van der Waals surface area contributed by atoms with E-state index >= 15 is 0 Å². The van der Waals surface area contributed by atoms with Gasteiger partial charge in [0.15, 0.2) is 13.6 Å². The van der Waals surface area contributed by atoms with Crippen LogP contribution in [0.2, 0.25) is 0 Å².